The van der Waals surface area contributed by atoms with Crippen molar-refractivity contribution in [2.75, 3.05) is 6.61 Å². The van der Waals surface area contributed by atoms with Crippen molar-refractivity contribution in [2.45, 2.75) is 39.2 Å². The lowest BCUT2D eigenvalue weighted by Crippen LogP contribution is -2.37. The van der Waals surface area contributed by atoms with E-state index >= 15 is 0 Å². The molecule has 0 aromatic carbocycles. The van der Waals surface area contributed by atoms with E-state index in [0.717, 1.165) is 12.1 Å². The monoisotopic (exact) mass is 255 g/mol. The summed E-state index contributed by atoms with van der Waals surface area (Å²) in [5.74, 6) is -0.732. The van der Waals surface area contributed by atoms with Crippen molar-refractivity contribution in [1.29, 1.82) is 0 Å². The van der Waals surface area contributed by atoms with Crippen LogP contribution in [0, 0.1) is 12.3 Å². The van der Waals surface area contributed by atoms with E-state index in [4.69, 9.17) is 4.74 Å². The van der Waals surface area contributed by atoms with Gasteiger partial charge in [-0.05, 0) is 33.1 Å². The second-order valence-electron chi connectivity index (χ2n) is 4.59. The molecular formula is C12H17NO3S. The van der Waals surface area contributed by atoms with Gasteiger partial charge in [-0.2, -0.15) is 0 Å². The van der Waals surface area contributed by atoms with Gasteiger partial charge >= 0.3 is 5.97 Å². The molecule has 1 aromatic rings. The SMILES string of the molecule is Cc1ncsc1CCC1(C(=O)O)CCOC1C. The van der Waals surface area contributed by atoms with E-state index in [9.17, 15) is 9.90 Å². The Labute approximate surface area is 105 Å². The molecule has 0 aliphatic carbocycles. The van der Waals surface area contributed by atoms with Gasteiger partial charge in [0, 0.05) is 11.5 Å². The molecule has 2 rings (SSSR count). The third-order valence-electron chi connectivity index (χ3n) is 3.76. The highest BCUT2D eigenvalue weighted by atomic mass is 32.1. The molecule has 0 spiro atoms. The Morgan fingerprint density at radius 1 is 1.76 bits per heavy atom. The van der Waals surface area contributed by atoms with Gasteiger partial charge in [-0.3, -0.25) is 4.79 Å². The van der Waals surface area contributed by atoms with Gasteiger partial charge in [0.05, 0.1) is 22.7 Å². The van der Waals surface area contributed by atoms with Crippen molar-refractivity contribution in [3.8, 4) is 0 Å². The Balaban J connectivity index is 2.10. The van der Waals surface area contributed by atoms with Gasteiger partial charge in [0.1, 0.15) is 0 Å². The quantitative estimate of drug-likeness (QED) is 0.896. The van der Waals surface area contributed by atoms with Crippen LogP contribution in [0.4, 0.5) is 0 Å². The van der Waals surface area contributed by atoms with Crippen LogP contribution in [0.15, 0.2) is 5.51 Å². The first-order chi connectivity index (χ1) is 8.06. The average Bonchev–Trinajstić information content (AvgIpc) is 2.83. The van der Waals surface area contributed by atoms with Gasteiger partial charge < -0.3 is 9.84 Å². The zero-order chi connectivity index (χ0) is 12.5. The minimum atomic E-state index is -0.732. The summed E-state index contributed by atoms with van der Waals surface area (Å²) >= 11 is 1.60. The number of rotatable bonds is 4. The molecule has 1 aromatic heterocycles. The van der Waals surface area contributed by atoms with Gasteiger partial charge in [-0.15, -0.1) is 11.3 Å². The minimum absolute atomic E-state index is 0.201. The summed E-state index contributed by atoms with van der Waals surface area (Å²) < 4.78 is 5.44. The van der Waals surface area contributed by atoms with Crippen LogP contribution in [0.25, 0.3) is 0 Å². The predicted molar refractivity (Wildman–Crippen MR) is 65.3 cm³/mol. The maximum absolute atomic E-state index is 11.5. The zero-order valence-corrected chi connectivity index (χ0v) is 10.9. The van der Waals surface area contributed by atoms with Gasteiger partial charge in [0.15, 0.2) is 0 Å². The molecule has 1 aliphatic rings. The topological polar surface area (TPSA) is 59.4 Å². The molecule has 5 heteroatoms. The first kappa shape index (κ1) is 12.5. The van der Waals surface area contributed by atoms with E-state index in [-0.39, 0.29) is 6.10 Å². The summed E-state index contributed by atoms with van der Waals surface area (Å²) in [4.78, 5) is 16.9. The first-order valence-corrected chi connectivity index (χ1v) is 6.68. The number of carboxylic acids is 1. The third-order valence-corrected chi connectivity index (χ3v) is 4.76. The average molecular weight is 255 g/mol. The Hall–Kier alpha value is -0.940. The smallest absolute Gasteiger partial charge is 0.312 e. The number of carbonyl (C=O) groups is 1. The molecule has 94 valence electrons. The molecule has 2 unspecified atom stereocenters. The zero-order valence-electron chi connectivity index (χ0n) is 10.1. The van der Waals surface area contributed by atoms with Crippen LogP contribution in [0.5, 0.6) is 0 Å². The predicted octanol–water partition coefficient (Wildman–Crippen LogP) is 2.26. The molecule has 1 fully saturated rings. The normalized spacial score (nSPS) is 28.5. The molecule has 2 atom stereocenters. The highest BCUT2D eigenvalue weighted by Crippen LogP contribution is 2.40. The number of thiazole rings is 1. The second-order valence-corrected chi connectivity index (χ2v) is 5.52. The number of carboxylic acid groups (broad SMARTS) is 1. The second kappa shape index (κ2) is 4.74. The summed E-state index contributed by atoms with van der Waals surface area (Å²) in [6, 6.07) is 0. The fourth-order valence-electron chi connectivity index (χ4n) is 2.40. The lowest BCUT2D eigenvalue weighted by Gasteiger charge is -2.27. The molecule has 1 saturated heterocycles. The van der Waals surface area contributed by atoms with Crippen molar-refractivity contribution in [2.24, 2.45) is 5.41 Å². The summed E-state index contributed by atoms with van der Waals surface area (Å²) in [6.07, 6.45) is 1.82. The molecule has 2 heterocycles. The van der Waals surface area contributed by atoms with Crippen LogP contribution in [0.1, 0.15) is 30.3 Å². The number of aromatic nitrogens is 1. The van der Waals surface area contributed by atoms with E-state index in [1.54, 1.807) is 11.3 Å². The van der Waals surface area contributed by atoms with Crippen LogP contribution >= 0.6 is 11.3 Å². The van der Waals surface area contributed by atoms with Crippen molar-refractivity contribution in [3.05, 3.63) is 16.1 Å². The largest absolute Gasteiger partial charge is 0.481 e. The Morgan fingerprint density at radius 3 is 3.00 bits per heavy atom. The number of aliphatic carboxylic acids is 1. The molecule has 0 bridgehead atoms. The number of hydrogen-bond donors (Lipinski definition) is 1. The molecule has 0 saturated carbocycles. The standard InChI is InChI=1S/C12H17NO3S/c1-8-10(17-7-13-8)3-4-12(11(14)15)5-6-16-9(12)2/h7,9H,3-6H2,1-2H3,(H,14,15). The van der Waals surface area contributed by atoms with Crippen LogP contribution in [-0.2, 0) is 16.0 Å². The third kappa shape index (κ3) is 2.21. The molecule has 4 nitrogen and oxygen atoms in total. The fourth-order valence-corrected chi connectivity index (χ4v) is 3.18. The van der Waals surface area contributed by atoms with E-state index in [2.05, 4.69) is 4.98 Å². The van der Waals surface area contributed by atoms with Gasteiger partial charge in [-0.1, -0.05) is 0 Å². The summed E-state index contributed by atoms with van der Waals surface area (Å²) in [7, 11) is 0. The number of ether oxygens (including phenoxy) is 1. The first-order valence-electron chi connectivity index (χ1n) is 5.80. The van der Waals surface area contributed by atoms with Crippen LogP contribution < -0.4 is 0 Å². The molecule has 0 radical (unpaired) electrons. The highest BCUT2D eigenvalue weighted by Gasteiger charge is 2.47. The maximum atomic E-state index is 11.5. The van der Waals surface area contributed by atoms with E-state index in [0.29, 0.717) is 19.4 Å². The minimum Gasteiger partial charge on any atom is -0.481 e. The number of aryl methyl sites for hydroxylation is 2. The molecule has 17 heavy (non-hydrogen) atoms. The fraction of sp³-hybridized carbons (Fsp3) is 0.667. The van der Waals surface area contributed by atoms with E-state index in [1.807, 2.05) is 19.4 Å². The summed E-state index contributed by atoms with van der Waals surface area (Å²) in [5.41, 5.74) is 2.12. The van der Waals surface area contributed by atoms with Gasteiger partial charge in [0.2, 0.25) is 0 Å². The Bertz CT molecular complexity index is 418. The van der Waals surface area contributed by atoms with Crippen molar-refractivity contribution in [1.82, 2.24) is 4.98 Å². The molecule has 1 aliphatic heterocycles. The number of hydrogen-bond acceptors (Lipinski definition) is 4. The summed E-state index contributed by atoms with van der Waals surface area (Å²) in [6.45, 7) is 4.38. The van der Waals surface area contributed by atoms with Crippen molar-refractivity contribution >= 4 is 17.3 Å². The van der Waals surface area contributed by atoms with Crippen molar-refractivity contribution < 1.29 is 14.6 Å². The molecule has 0 amide bonds. The molecule has 1 N–H and O–H groups in total. The lowest BCUT2D eigenvalue weighted by atomic mass is 9.77. The van der Waals surface area contributed by atoms with E-state index in [1.165, 1.54) is 4.88 Å². The maximum Gasteiger partial charge on any atom is 0.312 e. The van der Waals surface area contributed by atoms with Crippen LogP contribution in [0.3, 0.4) is 0 Å². The van der Waals surface area contributed by atoms with Gasteiger partial charge in [0.25, 0.3) is 0 Å². The van der Waals surface area contributed by atoms with Crippen LogP contribution in [0.2, 0.25) is 0 Å². The lowest BCUT2D eigenvalue weighted by molar-refractivity contribution is -0.152. The van der Waals surface area contributed by atoms with E-state index < -0.39 is 11.4 Å². The highest BCUT2D eigenvalue weighted by molar-refractivity contribution is 7.09. The molecular weight excluding hydrogens is 238 g/mol. The Kier molecular flexibility index (Phi) is 3.49. The van der Waals surface area contributed by atoms with Gasteiger partial charge in [-0.25, -0.2) is 4.98 Å². The van der Waals surface area contributed by atoms with Crippen molar-refractivity contribution in [3.63, 3.8) is 0 Å². The Morgan fingerprint density at radius 2 is 2.53 bits per heavy atom. The number of nitrogens with zero attached hydrogens (tertiary/aromatic N) is 1. The van der Waals surface area contributed by atoms with Crippen LogP contribution in [-0.4, -0.2) is 28.8 Å². The summed E-state index contributed by atoms with van der Waals surface area (Å²) in [5, 5.41) is 9.44.